The second-order valence-corrected chi connectivity index (χ2v) is 6.46. The molecule has 0 aliphatic rings. The largest absolute Gasteiger partial charge is 0.292 e. The minimum absolute atomic E-state index is 0.167. The zero-order chi connectivity index (χ0) is 16.9. The van der Waals surface area contributed by atoms with Crippen LogP contribution in [0, 0.1) is 0 Å². The van der Waals surface area contributed by atoms with Crippen LogP contribution in [0.25, 0.3) is 11.1 Å². The number of carbonyl (C=O) groups excluding carboxylic acids is 1. The summed E-state index contributed by atoms with van der Waals surface area (Å²) in [6.45, 7) is 0. The van der Waals surface area contributed by atoms with Gasteiger partial charge in [-0.05, 0) is 16.7 Å². The maximum Gasteiger partial charge on any atom is 0.182 e. The molecule has 0 aliphatic carbocycles. The van der Waals surface area contributed by atoms with Crippen molar-refractivity contribution in [1.82, 2.24) is 0 Å². The molecule has 0 fully saturated rings. The first-order chi connectivity index (χ1) is 11.7. The van der Waals surface area contributed by atoms with Gasteiger partial charge in [-0.3, -0.25) is 4.79 Å². The Kier molecular flexibility index (Phi) is 5.34. The van der Waals surface area contributed by atoms with Gasteiger partial charge in [-0.1, -0.05) is 84.9 Å². The van der Waals surface area contributed by atoms with Gasteiger partial charge in [-0.15, -0.1) is 23.2 Å². The van der Waals surface area contributed by atoms with E-state index in [-0.39, 0.29) is 5.78 Å². The molecule has 1 nitrogen and oxygen atoms in total. The van der Waals surface area contributed by atoms with Crippen LogP contribution in [0.1, 0.15) is 21.3 Å². The lowest BCUT2D eigenvalue weighted by Gasteiger charge is -2.15. The maximum atomic E-state index is 12.6. The van der Waals surface area contributed by atoms with Crippen LogP contribution in [0.5, 0.6) is 0 Å². The quantitative estimate of drug-likeness (QED) is 0.398. The third kappa shape index (κ3) is 3.69. The number of alkyl halides is 2. The fourth-order valence-electron chi connectivity index (χ4n) is 2.56. The number of halogens is 2. The average molecular weight is 355 g/mol. The Labute approximate surface area is 151 Å². The molecule has 0 radical (unpaired) electrons. The highest BCUT2D eigenvalue weighted by Gasteiger charge is 2.26. The molecule has 3 aromatic carbocycles. The lowest BCUT2D eigenvalue weighted by molar-refractivity contribution is 0.0985. The monoisotopic (exact) mass is 354 g/mol. The first kappa shape index (κ1) is 16.8. The number of carbonyl (C=O) groups is 1. The van der Waals surface area contributed by atoms with E-state index < -0.39 is 10.8 Å². The van der Waals surface area contributed by atoms with E-state index in [9.17, 15) is 4.79 Å². The molecule has 0 N–H and O–H groups in total. The van der Waals surface area contributed by atoms with E-state index in [1.807, 2.05) is 72.8 Å². The number of ketones is 1. The Morgan fingerprint density at radius 3 is 1.75 bits per heavy atom. The lowest BCUT2D eigenvalue weighted by atomic mass is 9.99. The summed E-state index contributed by atoms with van der Waals surface area (Å²) in [6.07, 6.45) is 0. The molecular formula is C21H16Cl2O. The SMILES string of the molecule is O=C(c1ccc(-c2ccccc2)cc1)C(Cl)C(Cl)c1ccccc1. The number of hydrogen-bond acceptors (Lipinski definition) is 1. The molecule has 120 valence electrons. The number of hydrogen-bond donors (Lipinski definition) is 0. The highest BCUT2D eigenvalue weighted by Crippen LogP contribution is 2.30. The molecule has 0 bridgehead atoms. The van der Waals surface area contributed by atoms with E-state index in [2.05, 4.69) is 0 Å². The second-order valence-electron chi connectivity index (χ2n) is 5.52. The standard InChI is InChI=1S/C21H16Cl2O/c22-19(17-9-5-2-6-10-17)20(23)21(24)18-13-11-16(12-14-18)15-7-3-1-4-8-15/h1-14,19-20H. The van der Waals surface area contributed by atoms with Crippen LogP contribution < -0.4 is 0 Å². The van der Waals surface area contributed by atoms with Crippen LogP contribution in [-0.4, -0.2) is 11.2 Å². The summed E-state index contributed by atoms with van der Waals surface area (Å²) in [7, 11) is 0. The third-order valence-corrected chi connectivity index (χ3v) is 4.99. The Bertz CT molecular complexity index is 798. The molecule has 2 unspecified atom stereocenters. The maximum absolute atomic E-state index is 12.6. The van der Waals surface area contributed by atoms with Gasteiger partial charge >= 0.3 is 0 Å². The van der Waals surface area contributed by atoms with Gasteiger partial charge in [0.1, 0.15) is 5.38 Å². The van der Waals surface area contributed by atoms with E-state index in [1.165, 1.54) is 0 Å². The van der Waals surface area contributed by atoms with Crippen LogP contribution in [0.2, 0.25) is 0 Å². The first-order valence-corrected chi connectivity index (χ1v) is 8.57. The topological polar surface area (TPSA) is 17.1 Å². The summed E-state index contributed by atoms with van der Waals surface area (Å²) < 4.78 is 0. The molecule has 24 heavy (non-hydrogen) atoms. The van der Waals surface area contributed by atoms with Crippen molar-refractivity contribution in [3.05, 3.63) is 96.1 Å². The molecular weight excluding hydrogens is 339 g/mol. The van der Waals surface area contributed by atoms with Gasteiger partial charge in [0.25, 0.3) is 0 Å². The smallest absolute Gasteiger partial charge is 0.182 e. The first-order valence-electron chi connectivity index (χ1n) is 7.69. The van der Waals surface area contributed by atoms with Gasteiger partial charge in [0.05, 0.1) is 5.38 Å². The van der Waals surface area contributed by atoms with E-state index in [4.69, 9.17) is 23.2 Å². The number of benzene rings is 3. The predicted molar refractivity (Wildman–Crippen MR) is 101 cm³/mol. The van der Waals surface area contributed by atoms with Crippen molar-refractivity contribution in [2.24, 2.45) is 0 Å². The third-order valence-electron chi connectivity index (χ3n) is 3.90. The lowest BCUT2D eigenvalue weighted by Crippen LogP contribution is -2.20. The van der Waals surface area contributed by atoms with Crippen LogP contribution in [0.3, 0.4) is 0 Å². The minimum atomic E-state index is -0.809. The van der Waals surface area contributed by atoms with Gasteiger partial charge in [0.15, 0.2) is 5.78 Å². The van der Waals surface area contributed by atoms with E-state index in [1.54, 1.807) is 12.1 Å². The number of rotatable bonds is 5. The summed E-state index contributed by atoms with van der Waals surface area (Å²) in [5.74, 6) is -0.167. The molecule has 2 atom stereocenters. The molecule has 0 amide bonds. The molecule has 0 aromatic heterocycles. The van der Waals surface area contributed by atoms with E-state index in [0.29, 0.717) is 5.56 Å². The molecule has 0 heterocycles. The zero-order valence-corrected chi connectivity index (χ0v) is 14.4. The van der Waals surface area contributed by atoms with Crippen molar-refractivity contribution >= 4 is 29.0 Å². The van der Waals surface area contributed by atoms with Gasteiger partial charge in [0, 0.05) is 5.56 Å². The molecule has 3 aromatic rings. The predicted octanol–water partition coefficient (Wildman–Crippen LogP) is 6.12. The summed E-state index contributed by atoms with van der Waals surface area (Å²) in [5.41, 5.74) is 3.58. The van der Waals surface area contributed by atoms with Crippen molar-refractivity contribution in [3.8, 4) is 11.1 Å². The van der Waals surface area contributed by atoms with Crippen LogP contribution >= 0.6 is 23.2 Å². The molecule has 3 heteroatoms. The second kappa shape index (κ2) is 7.65. The van der Waals surface area contributed by atoms with Crippen molar-refractivity contribution in [1.29, 1.82) is 0 Å². The summed E-state index contributed by atoms with van der Waals surface area (Å²) in [6, 6.07) is 26.9. The van der Waals surface area contributed by atoms with Gasteiger partial charge < -0.3 is 0 Å². The molecule has 0 spiro atoms. The summed E-state index contributed by atoms with van der Waals surface area (Å²) in [4.78, 5) is 12.6. The van der Waals surface area contributed by atoms with Gasteiger partial charge in [0.2, 0.25) is 0 Å². The Balaban J connectivity index is 1.77. The fourth-order valence-corrected chi connectivity index (χ4v) is 3.09. The van der Waals surface area contributed by atoms with Crippen molar-refractivity contribution < 1.29 is 4.79 Å². The average Bonchev–Trinajstić information content (AvgIpc) is 2.68. The van der Waals surface area contributed by atoms with Crippen LogP contribution in [0.4, 0.5) is 0 Å². The van der Waals surface area contributed by atoms with Gasteiger partial charge in [-0.2, -0.15) is 0 Å². The van der Waals surface area contributed by atoms with Crippen molar-refractivity contribution in [2.45, 2.75) is 10.8 Å². The van der Waals surface area contributed by atoms with Crippen molar-refractivity contribution in [2.75, 3.05) is 0 Å². The zero-order valence-electron chi connectivity index (χ0n) is 12.9. The number of Topliss-reactive ketones (excluding diaryl/α,β-unsaturated/α-hetero) is 1. The van der Waals surface area contributed by atoms with E-state index >= 15 is 0 Å². The molecule has 0 saturated carbocycles. The Hall–Kier alpha value is -2.09. The minimum Gasteiger partial charge on any atom is -0.292 e. The Morgan fingerprint density at radius 1 is 0.667 bits per heavy atom. The highest BCUT2D eigenvalue weighted by atomic mass is 35.5. The summed E-state index contributed by atoms with van der Waals surface area (Å²) in [5, 5.41) is -1.37. The molecule has 0 aliphatic heterocycles. The van der Waals surface area contributed by atoms with Crippen LogP contribution in [0.15, 0.2) is 84.9 Å². The summed E-state index contributed by atoms with van der Waals surface area (Å²) >= 11 is 12.7. The van der Waals surface area contributed by atoms with Crippen LogP contribution in [-0.2, 0) is 0 Å². The van der Waals surface area contributed by atoms with E-state index in [0.717, 1.165) is 16.7 Å². The fraction of sp³-hybridized carbons (Fsp3) is 0.0952. The van der Waals surface area contributed by atoms with Crippen molar-refractivity contribution in [3.63, 3.8) is 0 Å². The molecule has 0 saturated heterocycles. The molecule has 3 rings (SSSR count). The Morgan fingerprint density at radius 2 is 1.17 bits per heavy atom. The normalized spacial score (nSPS) is 13.2. The highest BCUT2D eigenvalue weighted by molar-refractivity contribution is 6.39. The van der Waals surface area contributed by atoms with Gasteiger partial charge in [-0.25, -0.2) is 0 Å².